The monoisotopic (exact) mass is 310 g/mol. The largest absolute Gasteiger partial charge is 0.459 e. The fraction of sp³-hybridized carbons (Fsp3) is 0.947. The highest BCUT2D eigenvalue weighted by molar-refractivity contribution is 5.77. The van der Waals surface area contributed by atoms with Crippen molar-refractivity contribution < 1.29 is 14.4 Å². The number of rotatable bonds is 7. The van der Waals surface area contributed by atoms with Crippen LogP contribution in [-0.4, -0.2) is 32.2 Å². The van der Waals surface area contributed by atoms with Crippen molar-refractivity contribution in [3.8, 4) is 0 Å². The van der Waals surface area contributed by atoms with Crippen LogP contribution in [0.4, 0.5) is 0 Å². The SMILES string of the molecule is CC[NH+](CC)CCOC(=O)C1(C2CCCCC2)CCCCC1. The summed E-state index contributed by atoms with van der Waals surface area (Å²) in [6, 6.07) is 0. The van der Waals surface area contributed by atoms with E-state index in [0.717, 1.165) is 32.5 Å². The third kappa shape index (κ3) is 4.24. The fourth-order valence-corrected chi connectivity index (χ4v) is 4.65. The zero-order valence-electron chi connectivity index (χ0n) is 14.8. The molecule has 0 spiro atoms. The lowest BCUT2D eigenvalue weighted by atomic mass is 9.62. The number of hydrogen-bond donors (Lipinski definition) is 1. The average Bonchev–Trinajstić information content (AvgIpc) is 2.60. The summed E-state index contributed by atoms with van der Waals surface area (Å²) in [6.07, 6.45) is 12.3. The highest BCUT2D eigenvalue weighted by Gasteiger charge is 2.47. The maximum atomic E-state index is 12.9. The molecule has 3 heteroatoms. The van der Waals surface area contributed by atoms with Crippen molar-refractivity contribution in [2.45, 2.75) is 78.1 Å². The highest BCUT2D eigenvalue weighted by Crippen LogP contribution is 2.49. The summed E-state index contributed by atoms with van der Waals surface area (Å²) in [6.45, 7) is 8.18. The third-order valence-corrected chi connectivity index (χ3v) is 6.23. The molecule has 0 amide bonds. The van der Waals surface area contributed by atoms with E-state index in [9.17, 15) is 4.79 Å². The molecule has 0 aromatic rings. The van der Waals surface area contributed by atoms with Gasteiger partial charge in [-0.15, -0.1) is 0 Å². The lowest BCUT2D eigenvalue weighted by molar-refractivity contribution is -0.896. The van der Waals surface area contributed by atoms with Crippen molar-refractivity contribution in [3.05, 3.63) is 0 Å². The number of likely N-dealkylation sites (N-methyl/N-ethyl adjacent to an activating group) is 1. The van der Waals surface area contributed by atoms with Crippen LogP contribution in [0.15, 0.2) is 0 Å². The van der Waals surface area contributed by atoms with Crippen LogP contribution >= 0.6 is 0 Å². The molecule has 0 unspecified atom stereocenters. The van der Waals surface area contributed by atoms with Gasteiger partial charge in [-0.05, 0) is 45.4 Å². The second-order valence-corrected chi connectivity index (χ2v) is 7.39. The Morgan fingerprint density at radius 3 is 2.18 bits per heavy atom. The van der Waals surface area contributed by atoms with Crippen LogP contribution in [0, 0.1) is 11.3 Å². The topological polar surface area (TPSA) is 30.7 Å². The maximum absolute atomic E-state index is 12.9. The Morgan fingerprint density at radius 2 is 1.59 bits per heavy atom. The minimum absolute atomic E-state index is 0.128. The van der Waals surface area contributed by atoms with Crippen LogP contribution in [0.5, 0.6) is 0 Å². The Balaban J connectivity index is 1.94. The molecule has 2 fully saturated rings. The van der Waals surface area contributed by atoms with Crippen LogP contribution < -0.4 is 4.90 Å². The van der Waals surface area contributed by atoms with E-state index in [1.165, 1.54) is 56.3 Å². The number of hydrogen-bond acceptors (Lipinski definition) is 2. The number of esters is 1. The quantitative estimate of drug-likeness (QED) is 0.733. The van der Waals surface area contributed by atoms with Crippen molar-refractivity contribution in [2.75, 3.05) is 26.2 Å². The van der Waals surface area contributed by atoms with E-state index >= 15 is 0 Å². The zero-order chi connectivity index (χ0) is 15.8. The third-order valence-electron chi connectivity index (χ3n) is 6.23. The summed E-state index contributed by atoms with van der Waals surface area (Å²) in [5.74, 6) is 0.737. The first-order chi connectivity index (χ1) is 10.7. The lowest BCUT2D eigenvalue weighted by Crippen LogP contribution is -3.11. The van der Waals surface area contributed by atoms with E-state index in [4.69, 9.17) is 4.74 Å². The van der Waals surface area contributed by atoms with Crippen LogP contribution in [0.1, 0.15) is 78.1 Å². The van der Waals surface area contributed by atoms with E-state index in [0.29, 0.717) is 12.5 Å². The molecule has 2 rings (SSSR count). The van der Waals surface area contributed by atoms with Gasteiger partial charge in [0.1, 0.15) is 13.2 Å². The molecular formula is C19H36NO2+. The summed E-state index contributed by atoms with van der Waals surface area (Å²) >= 11 is 0. The zero-order valence-corrected chi connectivity index (χ0v) is 14.8. The summed E-state index contributed by atoms with van der Waals surface area (Å²) in [5, 5.41) is 0. The second kappa shape index (κ2) is 8.90. The highest BCUT2D eigenvalue weighted by atomic mass is 16.5. The maximum Gasteiger partial charge on any atom is 0.312 e. The van der Waals surface area contributed by atoms with Gasteiger partial charge in [0.15, 0.2) is 0 Å². The molecule has 0 radical (unpaired) electrons. The molecule has 22 heavy (non-hydrogen) atoms. The summed E-state index contributed by atoms with van der Waals surface area (Å²) in [5.41, 5.74) is -0.128. The Morgan fingerprint density at radius 1 is 1.00 bits per heavy atom. The predicted molar refractivity (Wildman–Crippen MR) is 90.0 cm³/mol. The molecule has 128 valence electrons. The van der Waals surface area contributed by atoms with Crippen molar-refractivity contribution in [3.63, 3.8) is 0 Å². The summed E-state index contributed by atoms with van der Waals surface area (Å²) in [4.78, 5) is 14.5. The molecule has 2 aliphatic rings. The number of ether oxygens (including phenoxy) is 1. The number of nitrogens with one attached hydrogen (secondary N) is 1. The van der Waals surface area contributed by atoms with Gasteiger partial charge < -0.3 is 9.64 Å². The molecule has 1 N–H and O–H groups in total. The minimum atomic E-state index is -0.128. The van der Waals surface area contributed by atoms with Crippen molar-refractivity contribution in [2.24, 2.45) is 11.3 Å². The van der Waals surface area contributed by atoms with Gasteiger partial charge in [0.2, 0.25) is 0 Å². The van der Waals surface area contributed by atoms with Crippen LogP contribution in [0.3, 0.4) is 0 Å². The summed E-state index contributed by atoms with van der Waals surface area (Å²) in [7, 11) is 0. The van der Waals surface area contributed by atoms with Gasteiger partial charge in [0.05, 0.1) is 18.5 Å². The normalized spacial score (nSPS) is 22.7. The summed E-state index contributed by atoms with van der Waals surface area (Å²) < 4.78 is 5.81. The number of carbonyl (C=O) groups excluding carboxylic acids is 1. The minimum Gasteiger partial charge on any atom is -0.459 e. The number of quaternary nitrogens is 1. The first-order valence-electron chi connectivity index (χ1n) is 9.73. The molecule has 2 aliphatic carbocycles. The van der Waals surface area contributed by atoms with Gasteiger partial charge >= 0.3 is 5.97 Å². The molecule has 0 aliphatic heterocycles. The van der Waals surface area contributed by atoms with Crippen molar-refractivity contribution in [1.82, 2.24) is 0 Å². The van der Waals surface area contributed by atoms with Gasteiger partial charge in [-0.25, -0.2) is 0 Å². The Labute approximate surface area is 136 Å². The molecule has 0 aromatic heterocycles. The standard InChI is InChI=1S/C19H35NO2/c1-3-20(4-2)15-16-22-18(21)19(13-9-6-10-14-19)17-11-7-5-8-12-17/h17H,3-16H2,1-2H3/p+1. The molecule has 3 nitrogen and oxygen atoms in total. The Bertz CT molecular complexity index is 326. The molecule has 2 saturated carbocycles. The van der Waals surface area contributed by atoms with Gasteiger partial charge in [0.25, 0.3) is 0 Å². The van der Waals surface area contributed by atoms with E-state index in [1.54, 1.807) is 0 Å². The smallest absolute Gasteiger partial charge is 0.312 e. The predicted octanol–water partition coefficient (Wildman–Crippen LogP) is 2.99. The van der Waals surface area contributed by atoms with Crippen molar-refractivity contribution >= 4 is 5.97 Å². The van der Waals surface area contributed by atoms with Crippen LogP contribution in [0.25, 0.3) is 0 Å². The van der Waals surface area contributed by atoms with Gasteiger partial charge in [0, 0.05) is 0 Å². The Hall–Kier alpha value is -0.570. The van der Waals surface area contributed by atoms with Gasteiger partial charge in [-0.2, -0.15) is 0 Å². The molecule has 0 aromatic carbocycles. The van der Waals surface area contributed by atoms with Crippen LogP contribution in [-0.2, 0) is 9.53 Å². The number of carbonyl (C=O) groups is 1. The van der Waals surface area contributed by atoms with E-state index in [-0.39, 0.29) is 11.4 Å². The van der Waals surface area contributed by atoms with E-state index in [2.05, 4.69) is 13.8 Å². The molecule has 0 bridgehead atoms. The molecular weight excluding hydrogens is 274 g/mol. The molecule has 0 heterocycles. The molecule has 0 atom stereocenters. The first kappa shape index (κ1) is 17.8. The van der Waals surface area contributed by atoms with Crippen molar-refractivity contribution in [1.29, 1.82) is 0 Å². The second-order valence-electron chi connectivity index (χ2n) is 7.39. The van der Waals surface area contributed by atoms with E-state index < -0.39 is 0 Å². The first-order valence-corrected chi connectivity index (χ1v) is 9.73. The van der Waals surface area contributed by atoms with Crippen LogP contribution in [0.2, 0.25) is 0 Å². The average molecular weight is 311 g/mol. The Kier molecular flexibility index (Phi) is 7.20. The fourth-order valence-electron chi connectivity index (χ4n) is 4.65. The van der Waals surface area contributed by atoms with E-state index in [1.807, 2.05) is 0 Å². The van der Waals surface area contributed by atoms with Gasteiger partial charge in [-0.3, -0.25) is 4.79 Å². The lowest BCUT2D eigenvalue weighted by Gasteiger charge is -2.43. The molecule has 0 saturated heterocycles. The van der Waals surface area contributed by atoms with Gasteiger partial charge in [-0.1, -0.05) is 38.5 Å².